The van der Waals surface area contributed by atoms with Gasteiger partial charge in [0.1, 0.15) is 12.4 Å². The predicted octanol–water partition coefficient (Wildman–Crippen LogP) is 4.05. The summed E-state index contributed by atoms with van der Waals surface area (Å²) < 4.78 is 19.3. The summed E-state index contributed by atoms with van der Waals surface area (Å²) in [5.41, 5.74) is 0.348. The molecule has 2 aromatic carbocycles. The fourth-order valence-corrected chi connectivity index (χ4v) is 1.95. The fraction of sp³-hybridized carbons (Fsp3) is 0.143. The second-order valence-corrected chi connectivity index (χ2v) is 4.30. The Kier molecular flexibility index (Phi) is 4.53. The van der Waals surface area contributed by atoms with E-state index in [1.165, 1.54) is 12.1 Å². The molecule has 0 radical (unpaired) electrons. The summed E-state index contributed by atoms with van der Waals surface area (Å²) in [6.07, 6.45) is 0. The molecule has 0 aliphatic carbocycles. The molecular formula is C14H11ClFNO3. The molecule has 0 aliphatic heterocycles. The van der Waals surface area contributed by atoms with Crippen molar-refractivity contribution in [3.05, 3.63) is 69.5 Å². The molecule has 0 atom stereocenters. The summed E-state index contributed by atoms with van der Waals surface area (Å²) in [5.74, 6) is -0.0672. The summed E-state index contributed by atoms with van der Waals surface area (Å²) >= 11 is 5.77. The van der Waals surface area contributed by atoms with Crippen molar-refractivity contribution in [3.8, 4) is 5.75 Å². The normalized spacial score (nSPS) is 10.3. The second kappa shape index (κ2) is 6.34. The van der Waals surface area contributed by atoms with Crippen molar-refractivity contribution in [3.63, 3.8) is 0 Å². The quantitative estimate of drug-likeness (QED) is 0.475. The van der Waals surface area contributed by atoms with Gasteiger partial charge in [-0.05, 0) is 6.07 Å². The smallest absolute Gasteiger partial charge is 0.305 e. The van der Waals surface area contributed by atoms with Gasteiger partial charge >= 0.3 is 5.69 Å². The van der Waals surface area contributed by atoms with Crippen LogP contribution in [0.5, 0.6) is 5.75 Å². The van der Waals surface area contributed by atoms with E-state index in [4.69, 9.17) is 16.3 Å². The lowest BCUT2D eigenvalue weighted by Gasteiger charge is -2.10. The van der Waals surface area contributed by atoms with Crippen LogP contribution in [0.4, 0.5) is 10.1 Å². The van der Waals surface area contributed by atoms with Gasteiger partial charge < -0.3 is 4.74 Å². The highest BCUT2D eigenvalue weighted by Crippen LogP contribution is 2.24. The number of halogens is 2. The number of rotatable bonds is 5. The first-order valence-electron chi connectivity index (χ1n) is 5.82. The number of nitro benzene ring substituents is 1. The minimum Gasteiger partial charge on any atom is -0.488 e. The molecule has 0 aromatic heterocycles. The van der Waals surface area contributed by atoms with Crippen LogP contribution >= 0.6 is 11.6 Å². The van der Waals surface area contributed by atoms with Gasteiger partial charge in [0.2, 0.25) is 5.82 Å². The van der Waals surface area contributed by atoms with Crippen LogP contribution in [0.2, 0.25) is 0 Å². The number of nitrogens with zero attached hydrogens (tertiary/aromatic N) is 1. The lowest BCUT2D eigenvalue weighted by atomic mass is 10.2. The van der Waals surface area contributed by atoms with Crippen LogP contribution in [0.3, 0.4) is 0 Å². The van der Waals surface area contributed by atoms with Crippen molar-refractivity contribution in [2.24, 2.45) is 0 Å². The Morgan fingerprint density at radius 1 is 1.15 bits per heavy atom. The number of para-hydroxylation sites is 1. The predicted molar refractivity (Wildman–Crippen MR) is 73.4 cm³/mol. The van der Waals surface area contributed by atoms with Gasteiger partial charge in [0.15, 0.2) is 0 Å². The molecule has 0 saturated carbocycles. The third-order valence-electron chi connectivity index (χ3n) is 2.75. The van der Waals surface area contributed by atoms with E-state index in [0.29, 0.717) is 5.75 Å². The first kappa shape index (κ1) is 14.3. The maximum atomic E-state index is 13.9. The van der Waals surface area contributed by atoms with Gasteiger partial charge in [-0.2, -0.15) is 4.39 Å². The Hall–Kier alpha value is -2.14. The minimum absolute atomic E-state index is 0.0958. The Labute approximate surface area is 119 Å². The second-order valence-electron chi connectivity index (χ2n) is 4.04. The molecule has 0 N–H and O–H groups in total. The Bertz CT molecular complexity index is 634. The number of ether oxygens (including phenoxy) is 1. The minimum atomic E-state index is -0.874. The van der Waals surface area contributed by atoms with Gasteiger partial charge in [-0.3, -0.25) is 10.1 Å². The molecule has 104 valence electrons. The molecule has 0 amide bonds. The van der Waals surface area contributed by atoms with Crippen LogP contribution in [0, 0.1) is 15.9 Å². The van der Waals surface area contributed by atoms with Crippen molar-refractivity contribution in [1.29, 1.82) is 0 Å². The molecule has 2 aromatic rings. The number of nitro groups is 1. The number of hydrogen-bond donors (Lipinski definition) is 0. The lowest BCUT2D eigenvalue weighted by molar-refractivity contribution is -0.387. The molecule has 0 bridgehead atoms. The van der Waals surface area contributed by atoms with Crippen LogP contribution < -0.4 is 4.74 Å². The fourth-order valence-electron chi connectivity index (χ4n) is 1.73. The summed E-state index contributed by atoms with van der Waals surface area (Å²) in [4.78, 5) is 9.90. The van der Waals surface area contributed by atoms with Gasteiger partial charge in [-0.25, -0.2) is 0 Å². The van der Waals surface area contributed by atoms with Crippen LogP contribution in [0.15, 0.2) is 42.5 Å². The van der Waals surface area contributed by atoms with Crippen molar-refractivity contribution < 1.29 is 14.1 Å². The maximum absolute atomic E-state index is 13.9. The Morgan fingerprint density at radius 3 is 2.55 bits per heavy atom. The average molecular weight is 296 g/mol. The summed E-state index contributed by atoms with van der Waals surface area (Å²) in [7, 11) is 0. The first-order chi connectivity index (χ1) is 9.63. The van der Waals surface area contributed by atoms with Crippen molar-refractivity contribution in [1.82, 2.24) is 0 Å². The van der Waals surface area contributed by atoms with Gasteiger partial charge in [0, 0.05) is 17.2 Å². The SMILES string of the molecule is O=[N+]([O-])c1cccc(COc2ccccc2CCl)c1F. The molecule has 0 spiro atoms. The number of alkyl halides is 1. The summed E-state index contributed by atoms with van der Waals surface area (Å²) in [6.45, 7) is -0.0958. The third-order valence-corrected chi connectivity index (χ3v) is 3.04. The van der Waals surface area contributed by atoms with Crippen molar-refractivity contribution >= 4 is 17.3 Å². The first-order valence-corrected chi connectivity index (χ1v) is 6.35. The summed E-state index contributed by atoms with van der Waals surface area (Å²) in [6, 6.07) is 11.1. The maximum Gasteiger partial charge on any atom is 0.305 e. The van der Waals surface area contributed by atoms with Gasteiger partial charge in [-0.1, -0.05) is 30.3 Å². The van der Waals surface area contributed by atoms with E-state index >= 15 is 0 Å². The van der Waals surface area contributed by atoms with Crippen molar-refractivity contribution in [2.45, 2.75) is 12.5 Å². The van der Waals surface area contributed by atoms with Crippen LogP contribution in [-0.2, 0) is 12.5 Å². The van der Waals surface area contributed by atoms with Gasteiger partial charge in [-0.15, -0.1) is 11.6 Å². The zero-order valence-corrected chi connectivity index (χ0v) is 11.1. The molecule has 0 heterocycles. The van der Waals surface area contributed by atoms with E-state index < -0.39 is 16.4 Å². The molecular weight excluding hydrogens is 285 g/mol. The van der Waals surface area contributed by atoms with E-state index in [-0.39, 0.29) is 18.1 Å². The Morgan fingerprint density at radius 2 is 1.85 bits per heavy atom. The summed E-state index contributed by atoms with van der Waals surface area (Å²) in [5, 5.41) is 10.7. The molecule has 4 nitrogen and oxygen atoms in total. The molecule has 0 fully saturated rings. The highest BCUT2D eigenvalue weighted by molar-refractivity contribution is 6.17. The van der Waals surface area contributed by atoms with E-state index in [1.54, 1.807) is 18.2 Å². The lowest BCUT2D eigenvalue weighted by Crippen LogP contribution is -2.02. The average Bonchev–Trinajstić information content (AvgIpc) is 2.46. The molecule has 0 unspecified atom stereocenters. The standard InChI is InChI=1S/C14H11ClFNO3/c15-8-10-4-1-2-7-13(10)20-9-11-5-3-6-12(14(11)16)17(18)19/h1-7H,8-9H2. The number of benzene rings is 2. The Balaban J connectivity index is 2.19. The zero-order chi connectivity index (χ0) is 14.5. The largest absolute Gasteiger partial charge is 0.488 e. The zero-order valence-electron chi connectivity index (χ0n) is 10.4. The van der Waals surface area contributed by atoms with E-state index in [9.17, 15) is 14.5 Å². The van der Waals surface area contributed by atoms with Crippen molar-refractivity contribution in [2.75, 3.05) is 0 Å². The third kappa shape index (κ3) is 3.05. The highest BCUT2D eigenvalue weighted by atomic mass is 35.5. The van der Waals surface area contributed by atoms with E-state index in [1.807, 2.05) is 6.07 Å². The van der Waals surface area contributed by atoms with E-state index in [0.717, 1.165) is 11.6 Å². The molecule has 6 heteroatoms. The van der Waals surface area contributed by atoms with Gasteiger partial charge in [0.05, 0.1) is 10.8 Å². The van der Waals surface area contributed by atoms with Gasteiger partial charge in [0.25, 0.3) is 0 Å². The highest BCUT2D eigenvalue weighted by Gasteiger charge is 2.17. The topological polar surface area (TPSA) is 52.4 Å². The number of hydrogen-bond acceptors (Lipinski definition) is 3. The monoisotopic (exact) mass is 295 g/mol. The molecule has 20 heavy (non-hydrogen) atoms. The van der Waals surface area contributed by atoms with Crippen LogP contribution in [0.1, 0.15) is 11.1 Å². The van der Waals surface area contributed by atoms with Crippen LogP contribution in [0.25, 0.3) is 0 Å². The molecule has 0 saturated heterocycles. The molecule has 2 rings (SSSR count). The van der Waals surface area contributed by atoms with Crippen LogP contribution in [-0.4, -0.2) is 4.92 Å². The molecule has 0 aliphatic rings. The van der Waals surface area contributed by atoms with E-state index in [2.05, 4.69) is 0 Å².